The van der Waals surface area contributed by atoms with Crippen LogP contribution in [0.3, 0.4) is 0 Å². The Morgan fingerprint density at radius 1 is 1.17 bits per heavy atom. The number of hydrogen-bond acceptors (Lipinski definition) is 5. The van der Waals surface area contributed by atoms with Crippen molar-refractivity contribution in [3.8, 4) is 28.2 Å². The molecule has 3 N–H and O–H groups in total. The lowest BCUT2D eigenvalue weighted by molar-refractivity contribution is -0.0387. The summed E-state index contributed by atoms with van der Waals surface area (Å²) >= 11 is 6.49. The number of nitrogens with zero attached hydrogens (tertiary/aromatic N) is 1. The molecular formula is C23H19ClN2O4. The van der Waals surface area contributed by atoms with Gasteiger partial charge in [0.15, 0.2) is 5.76 Å². The van der Waals surface area contributed by atoms with Gasteiger partial charge in [0.1, 0.15) is 11.3 Å². The normalized spacial score (nSPS) is 15.3. The number of aromatic nitrogens is 2. The fraction of sp³-hybridized carbons (Fsp3) is 0.217. The fourth-order valence-corrected chi connectivity index (χ4v) is 4.26. The predicted molar refractivity (Wildman–Crippen MR) is 115 cm³/mol. The van der Waals surface area contributed by atoms with Crippen LogP contribution < -0.4 is 5.56 Å². The molecule has 1 fully saturated rings. The van der Waals surface area contributed by atoms with Crippen molar-refractivity contribution in [1.29, 1.82) is 0 Å². The molecule has 2 aromatic carbocycles. The lowest BCUT2D eigenvalue weighted by Crippen LogP contribution is -2.33. The summed E-state index contributed by atoms with van der Waals surface area (Å²) < 4.78 is 5.18. The number of aromatic amines is 1. The molecule has 1 aliphatic carbocycles. The maximum absolute atomic E-state index is 12.5. The van der Waals surface area contributed by atoms with Gasteiger partial charge in [0.2, 0.25) is 0 Å². The van der Waals surface area contributed by atoms with Crippen molar-refractivity contribution in [3.05, 3.63) is 69.1 Å². The highest BCUT2D eigenvalue weighted by Gasteiger charge is 2.36. The zero-order valence-electron chi connectivity index (χ0n) is 16.2. The fourth-order valence-electron chi connectivity index (χ4n) is 3.99. The predicted octanol–water partition coefficient (Wildman–Crippen LogP) is 4.89. The number of benzene rings is 2. The molecule has 1 aliphatic rings. The first-order chi connectivity index (χ1) is 14.4. The molecule has 1 saturated carbocycles. The summed E-state index contributed by atoms with van der Waals surface area (Å²) in [7, 11) is 0. The van der Waals surface area contributed by atoms with E-state index in [0.29, 0.717) is 27.2 Å². The summed E-state index contributed by atoms with van der Waals surface area (Å²) in [5.74, 6) is 0.00552. The number of rotatable bonds is 3. The van der Waals surface area contributed by atoms with E-state index in [2.05, 4.69) is 10.1 Å². The van der Waals surface area contributed by atoms with Crippen molar-refractivity contribution in [2.24, 2.45) is 0 Å². The summed E-state index contributed by atoms with van der Waals surface area (Å²) in [6.45, 7) is 1.74. The lowest BCUT2D eigenvalue weighted by Gasteiger charge is -2.37. The first-order valence-electron chi connectivity index (χ1n) is 9.71. The average Bonchev–Trinajstić information content (AvgIpc) is 3.11. The molecule has 0 radical (unpaired) electrons. The second kappa shape index (κ2) is 6.72. The monoisotopic (exact) mass is 422 g/mol. The summed E-state index contributed by atoms with van der Waals surface area (Å²) in [6, 6.07) is 12.6. The molecule has 30 heavy (non-hydrogen) atoms. The molecule has 2 heterocycles. The van der Waals surface area contributed by atoms with E-state index in [0.717, 1.165) is 30.4 Å². The second-order valence-corrected chi connectivity index (χ2v) is 8.26. The molecule has 0 aliphatic heterocycles. The van der Waals surface area contributed by atoms with Crippen molar-refractivity contribution in [2.45, 2.75) is 31.8 Å². The Labute approximate surface area is 176 Å². The van der Waals surface area contributed by atoms with Gasteiger partial charge in [-0.3, -0.25) is 4.79 Å². The third-order valence-corrected chi connectivity index (χ3v) is 6.18. The molecular weight excluding hydrogens is 404 g/mol. The number of aliphatic hydroxyl groups is 1. The van der Waals surface area contributed by atoms with Gasteiger partial charge in [-0.2, -0.15) is 0 Å². The number of fused-ring (bicyclic) bond motifs is 1. The summed E-state index contributed by atoms with van der Waals surface area (Å²) in [5, 5.41) is 26.1. The van der Waals surface area contributed by atoms with Gasteiger partial charge in [0.25, 0.3) is 5.56 Å². The van der Waals surface area contributed by atoms with Crippen LogP contribution in [0.1, 0.15) is 30.5 Å². The highest BCUT2D eigenvalue weighted by Crippen LogP contribution is 2.42. The molecule has 0 spiro atoms. The highest BCUT2D eigenvalue weighted by molar-refractivity contribution is 6.34. The Morgan fingerprint density at radius 2 is 1.90 bits per heavy atom. The van der Waals surface area contributed by atoms with Crippen molar-refractivity contribution >= 4 is 22.5 Å². The maximum Gasteiger partial charge on any atom is 0.263 e. The topological polar surface area (TPSA) is 99.3 Å². The van der Waals surface area contributed by atoms with Crippen molar-refractivity contribution < 1.29 is 14.7 Å². The summed E-state index contributed by atoms with van der Waals surface area (Å²) in [4.78, 5) is 15.3. The highest BCUT2D eigenvalue weighted by atomic mass is 35.5. The quantitative estimate of drug-likeness (QED) is 0.436. The van der Waals surface area contributed by atoms with Gasteiger partial charge in [0.05, 0.1) is 21.8 Å². The molecule has 0 unspecified atom stereocenters. The van der Waals surface area contributed by atoms with Crippen molar-refractivity contribution in [1.82, 2.24) is 10.1 Å². The largest absolute Gasteiger partial charge is 0.506 e. The Morgan fingerprint density at radius 3 is 2.50 bits per heavy atom. The Bertz CT molecular complexity index is 1330. The standard InChI is InChI=1S/C23H19ClN2O4/c1-12-9-19(30-26-12)20-21(27)16-10-15(17(24)11-18(16)25-22(20)28)13-3-5-14(6-4-13)23(29)7-2-8-23/h3-6,9-11,29H,2,7-8H2,1H3,(H2,25,27,28). The molecule has 6 nitrogen and oxygen atoms in total. The third-order valence-electron chi connectivity index (χ3n) is 5.86. The van der Waals surface area contributed by atoms with Crippen LogP contribution in [0.5, 0.6) is 5.75 Å². The van der Waals surface area contributed by atoms with Gasteiger partial charge >= 0.3 is 0 Å². The van der Waals surface area contributed by atoms with Crippen LogP contribution in [0, 0.1) is 6.92 Å². The number of aryl methyl sites for hydroxylation is 1. The third kappa shape index (κ3) is 2.91. The summed E-state index contributed by atoms with van der Waals surface area (Å²) in [5.41, 5.74) is 2.28. The number of nitrogens with one attached hydrogen (secondary N) is 1. The van der Waals surface area contributed by atoms with Gasteiger partial charge in [0, 0.05) is 17.0 Å². The SMILES string of the molecule is Cc1cc(-c2c(O)c3cc(-c4ccc(C5(O)CCC5)cc4)c(Cl)cc3[nH]c2=O)on1. The van der Waals surface area contributed by atoms with E-state index in [1.807, 2.05) is 24.3 Å². The number of H-pyrrole nitrogens is 1. The van der Waals surface area contributed by atoms with Crippen LogP contribution >= 0.6 is 11.6 Å². The van der Waals surface area contributed by atoms with E-state index in [1.165, 1.54) is 0 Å². The molecule has 0 atom stereocenters. The molecule has 5 rings (SSSR count). The smallest absolute Gasteiger partial charge is 0.263 e. The van der Waals surface area contributed by atoms with E-state index in [1.54, 1.807) is 25.1 Å². The number of hydrogen-bond donors (Lipinski definition) is 3. The van der Waals surface area contributed by atoms with Crippen LogP contribution in [0.25, 0.3) is 33.4 Å². The van der Waals surface area contributed by atoms with E-state index in [-0.39, 0.29) is 17.1 Å². The zero-order chi connectivity index (χ0) is 21.0. The zero-order valence-corrected chi connectivity index (χ0v) is 17.0. The minimum absolute atomic E-state index is 0.0268. The Hall–Kier alpha value is -3.09. The van der Waals surface area contributed by atoms with Gasteiger partial charge in [-0.15, -0.1) is 0 Å². The minimum atomic E-state index is -0.729. The average molecular weight is 423 g/mol. The van der Waals surface area contributed by atoms with Crippen molar-refractivity contribution in [2.75, 3.05) is 0 Å². The molecule has 0 bridgehead atoms. The molecule has 4 aromatic rings. The van der Waals surface area contributed by atoms with Gasteiger partial charge < -0.3 is 19.7 Å². The first-order valence-corrected chi connectivity index (χ1v) is 10.1. The van der Waals surface area contributed by atoms with E-state index >= 15 is 0 Å². The van der Waals surface area contributed by atoms with Crippen molar-refractivity contribution in [3.63, 3.8) is 0 Å². The minimum Gasteiger partial charge on any atom is -0.506 e. The van der Waals surface area contributed by atoms with Gasteiger partial charge in [-0.1, -0.05) is 41.0 Å². The maximum atomic E-state index is 12.5. The van der Waals surface area contributed by atoms with Gasteiger partial charge in [-0.25, -0.2) is 0 Å². The van der Waals surface area contributed by atoms with Crippen LogP contribution in [-0.2, 0) is 5.60 Å². The Balaban J connectivity index is 1.64. The molecule has 2 aromatic heterocycles. The lowest BCUT2D eigenvalue weighted by atomic mass is 9.75. The second-order valence-electron chi connectivity index (χ2n) is 7.85. The van der Waals surface area contributed by atoms with Crippen LogP contribution in [0.15, 0.2) is 51.8 Å². The van der Waals surface area contributed by atoms with Gasteiger partial charge in [-0.05, 0) is 49.4 Å². The van der Waals surface area contributed by atoms with Crippen LogP contribution in [-0.4, -0.2) is 20.4 Å². The van der Waals surface area contributed by atoms with Crippen LogP contribution in [0.4, 0.5) is 0 Å². The number of halogens is 1. The molecule has 7 heteroatoms. The Kier molecular flexibility index (Phi) is 4.24. The van der Waals surface area contributed by atoms with E-state index < -0.39 is 11.2 Å². The first kappa shape index (κ1) is 18.9. The van der Waals surface area contributed by atoms with E-state index in [9.17, 15) is 15.0 Å². The molecule has 0 saturated heterocycles. The number of pyridine rings is 1. The van der Waals surface area contributed by atoms with Crippen LogP contribution in [0.2, 0.25) is 5.02 Å². The number of aromatic hydroxyl groups is 1. The van der Waals surface area contributed by atoms with E-state index in [4.69, 9.17) is 16.1 Å². The molecule has 152 valence electrons. The molecule has 0 amide bonds. The summed E-state index contributed by atoms with van der Waals surface area (Å²) in [6.07, 6.45) is 2.57.